The highest BCUT2D eigenvalue weighted by Gasteiger charge is 2.54. The van der Waals surface area contributed by atoms with Gasteiger partial charge in [0.15, 0.2) is 16.7 Å². The van der Waals surface area contributed by atoms with Crippen LogP contribution in [-0.4, -0.2) is 88.8 Å². The zero-order valence-electron chi connectivity index (χ0n) is 17.8. The van der Waals surface area contributed by atoms with Crippen molar-refractivity contribution < 1.29 is 37.3 Å². The Morgan fingerprint density at radius 3 is 2.59 bits per heavy atom. The third-order valence-corrected chi connectivity index (χ3v) is 6.09. The Morgan fingerprint density at radius 2 is 2.09 bits per heavy atom. The molecule has 184 valence electrons. The predicted octanol–water partition coefficient (Wildman–Crippen LogP) is -2.20. The Hall–Kier alpha value is -3.71. The van der Waals surface area contributed by atoms with Crippen molar-refractivity contribution in [2.24, 2.45) is 5.16 Å². The molecular formula is C15H19N9O8S2. The van der Waals surface area contributed by atoms with Crippen molar-refractivity contribution in [3.63, 3.8) is 0 Å². The van der Waals surface area contributed by atoms with E-state index in [4.69, 9.17) is 10.6 Å². The van der Waals surface area contributed by atoms with Gasteiger partial charge in [-0.05, 0) is 26.0 Å². The number of carboxylic acid groups (broad SMARTS) is 1. The maximum absolute atomic E-state index is 13.0. The summed E-state index contributed by atoms with van der Waals surface area (Å²) in [6.45, 7) is 3.56. The molecule has 0 saturated carbocycles. The number of rotatable bonds is 9. The Kier molecular flexibility index (Phi) is 6.53. The van der Waals surface area contributed by atoms with E-state index in [-0.39, 0.29) is 27.5 Å². The van der Waals surface area contributed by atoms with Crippen LogP contribution in [0, 0.1) is 6.92 Å². The van der Waals surface area contributed by atoms with E-state index in [0.717, 1.165) is 16.1 Å². The lowest BCUT2D eigenvalue weighted by Crippen LogP contribution is -2.73. The number of nitrogens with zero attached hydrogens (tertiary/aromatic N) is 7. The number of anilines is 1. The molecule has 5 N–H and O–H groups in total. The van der Waals surface area contributed by atoms with Gasteiger partial charge in [-0.2, -0.15) is 13.2 Å². The van der Waals surface area contributed by atoms with Gasteiger partial charge in [0.2, 0.25) is 5.60 Å². The molecule has 1 aliphatic rings. The average molecular weight is 518 g/mol. The molecule has 1 unspecified atom stereocenters. The number of β-lactam (4-membered cyclic amide) rings is 1. The van der Waals surface area contributed by atoms with Crippen LogP contribution in [0.25, 0.3) is 0 Å². The number of nitrogen functional groups attached to an aromatic ring is 1. The van der Waals surface area contributed by atoms with Crippen molar-refractivity contribution in [1.82, 2.24) is 34.8 Å². The number of hydrogen-bond donors (Lipinski definition) is 4. The van der Waals surface area contributed by atoms with Crippen LogP contribution in [-0.2, 0) is 36.1 Å². The van der Waals surface area contributed by atoms with E-state index in [1.165, 1.54) is 26.2 Å². The Morgan fingerprint density at radius 1 is 1.41 bits per heavy atom. The summed E-state index contributed by atoms with van der Waals surface area (Å²) in [6.07, 6.45) is 0. The fraction of sp³-hybridized carbons (Fsp3) is 0.467. The van der Waals surface area contributed by atoms with Crippen LogP contribution in [0.2, 0.25) is 0 Å². The monoisotopic (exact) mass is 517 g/mol. The molecular weight excluding hydrogens is 498 g/mol. The SMILES string of the molecule is Cc1nnn(C[C@H]2C(NC(=O)/C(=N\OC(C)(C)C(=O)O)c3csc(N)n3)C(=O)N2S(=O)(=O)O)n1. The number of thiazole rings is 1. The van der Waals surface area contributed by atoms with E-state index < -0.39 is 51.5 Å². The number of nitrogens with two attached hydrogens (primary N) is 1. The van der Waals surface area contributed by atoms with E-state index in [0.29, 0.717) is 0 Å². The van der Waals surface area contributed by atoms with Gasteiger partial charge in [0.1, 0.15) is 17.8 Å². The van der Waals surface area contributed by atoms with E-state index in [1.54, 1.807) is 0 Å². The molecule has 0 bridgehead atoms. The van der Waals surface area contributed by atoms with Gasteiger partial charge in [-0.25, -0.2) is 14.1 Å². The van der Waals surface area contributed by atoms with Gasteiger partial charge < -0.3 is 21.0 Å². The lowest BCUT2D eigenvalue weighted by Gasteiger charge is -2.43. The fourth-order valence-corrected chi connectivity index (χ4v) is 4.14. The maximum atomic E-state index is 13.0. The highest BCUT2D eigenvalue weighted by atomic mass is 32.2. The van der Waals surface area contributed by atoms with Crippen LogP contribution < -0.4 is 11.1 Å². The number of oxime groups is 1. The standard InChI is InChI=1S/C15H19N9O8S2/c1-6-19-22-23(20-6)4-8-10(12(26)24(8)34(29,30)31)18-11(25)9(7-5-33-14(16)17-7)21-32-15(2,3)13(27)28/h5,8,10H,4H2,1-3H3,(H2,16,17)(H,18,25)(H,27,28)(H,29,30,31)/b21-9-/t8-,10?/m0/s1. The van der Waals surface area contributed by atoms with Gasteiger partial charge in [-0.15, -0.1) is 21.5 Å². The van der Waals surface area contributed by atoms with Crippen LogP contribution in [0.5, 0.6) is 0 Å². The van der Waals surface area contributed by atoms with E-state index in [2.05, 4.69) is 30.9 Å². The minimum absolute atomic E-state index is 0.0655. The van der Waals surface area contributed by atoms with Crippen LogP contribution >= 0.6 is 11.3 Å². The summed E-state index contributed by atoms with van der Waals surface area (Å²) in [5.74, 6) is -3.30. The zero-order valence-corrected chi connectivity index (χ0v) is 19.4. The molecule has 2 amide bonds. The lowest BCUT2D eigenvalue weighted by atomic mass is 9.98. The number of carbonyl (C=O) groups is 3. The van der Waals surface area contributed by atoms with Crippen molar-refractivity contribution in [2.75, 3.05) is 5.73 Å². The molecule has 3 rings (SSSR count). The number of tetrazole rings is 1. The minimum atomic E-state index is -4.96. The second kappa shape index (κ2) is 8.91. The minimum Gasteiger partial charge on any atom is -0.478 e. The second-order valence-electron chi connectivity index (χ2n) is 7.44. The van der Waals surface area contributed by atoms with Gasteiger partial charge in [0, 0.05) is 5.38 Å². The first kappa shape index (κ1) is 24.9. The lowest BCUT2D eigenvalue weighted by molar-refractivity contribution is -0.161. The number of aliphatic carboxylic acids is 1. The molecule has 3 heterocycles. The predicted molar refractivity (Wildman–Crippen MR) is 113 cm³/mol. The van der Waals surface area contributed by atoms with Crippen LogP contribution in [0.15, 0.2) is 10.5 Å². The van der Waals surface area contributed by atoms with Gasteiger partial charge in [0.05, 0.1) is 6.54 Å². The quantitative estimate of drug-likeness (QED) is 0.119. The summed E-state index contributed by atoms with van der Waals surface area (Å²) in [6, 6.07) is -2.76. The third kappa shape index (κ3) is 5.10. The number of aromatic nitrogens is 5. The summed E-state index contributed by atoms with van der Waals surface area (Å²) in [7, 11) is -4.96. The number of nitrogens with one attached hydrogen (secondary N) is 1. The van der Waals surface area contributed by atoms with Gasteiger partial charge in [-0.3, -0.25) is 14.1 Å². The van der Waals surface area contributed by atoms with Crippen molar-refractivity contribution in [3.05, 3.63) is 16.9 Å². The van der Waals surface area contributed by atoms with Crippen LogP contribution in [0.3, 0.4) is 0 Å². The molecule has 0 aromatic carbocycles. The number of amides is 2. The van der Waals surface area contributed by atoms with E-state index in [9.17, 15) is 32.5 Å². The topological polar surface area (TPSA) is 245 Å². The molecule has 1 fully saturated rings. The van der Waals surface area contributed by atoms with Gasteiger partial charge in [0.25, 0.3) is 11.8 Å². The Balaban J connectivity index is 1.89. The highest BCUT2D eigenvalue weighted by molar-refractivity contribution is 7.84. The number of carbonyl (C=O) groups excluding carboxylic acids is 2. The molecule has 0 aliphatic carbocycles. The van der Waals surface area contributed by atoms with Gasteiger partial charge in [-0.1, -0.05) is 5.16 Å². The molecule has 1 saturated heterocycles. The highest BCUT2D eigenvalue weighted by Crippen LogP contribution is 2.25. The maximum Gasteiger partial charge on any atom is 0.362 e. The molecule has 17 nitrogen and oxygen atoms in total. The largest absolute Gasteiger partial charge is 0.478 e. The van der Waals surface area contributed by atoms with Crippen LogP contribution in [0.4, 0.5) is 5.13 Å². The first-order valence-corrected chi connectivity index (χ1v) is 11.5. The Bertz CT molecular complexity index is 1270. The zero-order chi connectivity index (χ0) is 25.4. The first-order chi connectivity index (χ1) is 15.7. The summed E-state index contributed by atoms with van der Waals surface area (Å²) in [5, 5.41) is 27.7. The summed E-state index contributed by atoms with van der Waals surface area (Å²) in [5.41, 5.74) is 3.17. The average Bonchev–Trinajstić information content (AvgIpc) is 3.32. The number of carboxylic acids is 1. The summed E-state index contributed by atoms with van der Waals surface area (Å²) in [4.78, 5) is 46.6. The molecule has 34 heavy (non-hydrogen) atoms. The van der Waals surface area contributed by atoms with Crippen molar-refractivity contribution in [2.45, 2.75) is 45.0 Å². The number of hydrogen-bond acceptors (Lipinski definition) is 13. The normalized spacial score (nSPS) is 19.0. The smallest absolute Gasteiger partial charge is 0.362 e. The first-order valence-electron chi connectivity index (χ1n) is 9.27. The third-order valence-electron chi connectivity index (χ3n) is 4.47. The molecule has 1 aliphatic heterocycles. The van der Waals surface area contributed by atoms with E-state index >= 15 is 0 Å². The fourth-order valence-electron chi connectivity index (χ4n) is 2.72. The van der Waals surface area contributed by atoms with E-state index in [1.807, 2.05) is 0 Å². The second-order valence-corrected chi connectivity index (χ2v) is 9.62. The molecule has 2 aromatic heterocycles. The molecule has 0 spiro atoms. The summed E-state index contributed by atoms with van der Waals surface area (Å²) >= 11 is 0.957. The molecule has 2 atom stereocenters. The number of aryl methyl sites for hydroxylation is 1. The molecule has 2 aromatic rings. The summed E-state index contributed by atoms with van der Waals surface area (Å²) < 4.78 is 32.9. The van der Waals surface area contributed by atoms with Crippen LogP contribution in [0.1, 0.15) is 25.4 Å². The van der Waals surface area contributed by atoms with Crippen molar-refractivity contribution in [1.29, 1.82) is 0 Å². The molecule has 19 heteroatoms. The van der Waals surface area contributed by atoms with Gasteiger partial charge >= 0.3 is 16.3 Å². The molecule has 0 radical (unpaired) electrons. The Labute approximate surface area is 195 Å². The van der Waals surface area contributed by atoms with Crippen molar-refractivity contribution in [3.8, 4) is 0 Å². The van der Waals surface area contributed by atoms with Crippen molar-refractivity contribution >= 4 is 50.3 Å².